The van der Waals surface area contributed by atoms with Gasteiger partial charge in [-0.15, -0.1) is 0 Å². The van der Waals surface area contributed by atoms with Gasteiger partial charge >= 0.3 is 0 Å². The van der Waals surface area contributed by atoms with Crippen LogP contribution < -0.4 is 15.2 Å². The second-order valence-corrected chi connectivity index (χ2v) is 12.5. The summed E-state index contributed by atoms with van der Waals surface area (Å²) in [4.78, 5) is 36.7. The summed E-state index contributed by atoms with van der Waals surface area (Å²) in [6.45, 7) is 3.89. The molecular weight excluding hydrogens is 565 g/mol. The molecule has 0 radical (unpaired) electrons. The van der Waals surface area contributed by atoms with Crippen LogP contribution in [0.1, 0.15) is 35.1 Å². The molecule has 0 aliphatic carbocycles. The van der Waals surface area contributed by atoms with E-state index in [0.717, 1.165) is 49.2 Å². The molecule has 1 amide bonds. The summed E-state index contributed by atoms with van der Waals surface area (Å²) in [6, 6.07) is 22.0. The van der Waals surface area contributed by atoms with Crippen molar-refractivity contribution in [1.29, 1.82) is 0 Å². The highest BCUT2D eigenvalue weighted by atomic mass is 32.2. The van der Waals surface area contributed by atoms with Gasteiger partial charge in [0.05, 0.1) is 24.1 Å². The third-order valence-corrected chi connectivity index (χ3v) is 9.29. The van der Waals surface area contributed by atoms with Crippen LogP contribution in [0.25, 0.3) is 11.7 Å². The first-order chi connectivity index (χ1) is 20.4. The Balaban J connectivity index is 1.30. The standard InChI is InChI=1S/C33H32N4O3S2/c1-22-8-13-29-34-30(35-16-14-24(15-17-35)18-23-6-4-3-5-7-23)27(31(38)36(29)20-22)19-28-32(39)37(33(41)42-28)21-25-9-11-26(40-2)12-10-25/h3-13,19-20,24H,14-18,21H2,1-2H3. The zero-order valence-electron chi connectivity index (χ0n) is 23.7. The molecule has 2 aromatic heterocycles. The number of piperidine rings is 1. The van der Waals surface area contributed by atoms with Crippen molar-refractivity contribution in [2.24, 2.45) is 5.92 Å². The second-order valence-electron chi connectivity index (χ2n) is 10.8. The third-order valence-electron chi connectivity index (χ3n) is 7.92. The maximum atomic E-state index is 13.9. The van der Waals surface area contributed by atoms with Crippen molar-refractivity contribution in [3.8, 4) is 5.75 Å². The lowest BCUT2D eigenvalue weighted by Crippen LogP contribution is -2.37. The fraction of sp³-hybridized carbons (Fsp3) is 0.273. The number of hydrogen-bond donors (Lipinski definition) is 0. The Morgan fingerprint density at radius 2 is 1.74 bits per heavy atom. The molecule has 2 fully saturated rings. The Morgan fingerprint density at radius 1 is 1.00 bits per heavy atom. The number of fused-ring (bicyclic) bond motifs is 1. The highest BCUT2D eigenvalue weighted by Gasteiger charge is 2.33. The van der Waals surface area contributed by atoms with Crippen molar-refractivity contribution in [3.05, 3.63) is 110 Å². The van der Waals surface area contributed by atoms with Gasteiger partial charge in [-0.3, -0.25) is 18.9 Å². The molecule has 0 N–H and O–H groups in total. The van der Waals surface area contributed by atoms with E-state index in [0.29, 0.717) is 38.7 Å². The van der Waals surface area contributed by atoms with Gasteiger partial charge < -0.3 is 9.64 Å². The number of carbonyl (C=O) groups excluding carboxylic acids is 1. The number of ether oxygens (including phenoxy) is 1. The molecule has 9 heteroatoms. The molecule has 42 heavy (non-hydrogen) atoms. The van der Waals surface area contributed by atoms with Gasteiger partial charge in [-0.1, -0.05) is 72.5 Å². The van der Waals surface area contributed by atoms with Crippen LogP contribution in [0.3, 0.4) is 0 Å². The van der Waals surface area contributed by atoms with Gasteiger partial charge in [0.2, 0.25) is 0 Å². The Morgan fingerprint density at radius 3 is 2.45 bits per heavy atom. The summed E-state index contributed by atoms with van der Waals surface area (Å²) in [7, 11) is 1.62. The van der Waals surface area contributed by atoms with E-state index < -0.39 is 0 Å². The summed E-state index contributed by atoms with van der Waals surface area (Å²) < 4.78 is 7.29. The molecule has 4 heterocycles. The number of aryl methyl sites for hydroxylation is 1. The summed E-state index contributed by atoms with van der Waals surface area (Å²) in [6.07, 6.45) is 6.56. The molecule has 214 valence electrons. The number of thioether (sulfide) groups is 1. The van der Waals surface area contributed by atoms with Crippen LogP contribution in [0, 0.1) is 12.8 Å². The topological polar surface area (TPSA) is 67.2 Å². The van der Waals surface area contributed by atoms with Gasteiger partial charge in [-0.2, -0.15) is 0 Å². The lowest BCUT2D eigenvalue weighted by atomic mass is 9.90. The fourth-order valence-corrected chi connectivity index (χ4v) is 6.83. The van der Waals surface area contributed by atoms with Crippen molar-refractivity contribution in [2.75, 3.05) is 25.1 Å². The van der Waals surface area contributed by atoms with Crippen LogP contribution in [0.4, 0.5) is 5.82 Å². The van der Waals surface area contributed by atoms with Crippen molar-refractivity contribution in [3.63, 3.8) is 0 Å². The lowest BCUT2D eigenvalue weighted by Gasteiger charge is -2.33. The van der Waals surface area contributed by atoms with Crippen LogP contribution >= 0.6 is 24.0 Å². The number of hydrogen-bond acceptors (Lipinski definition) is 7. The van der Waals surface area contributed by atoms with E-state index in [2.05, 4.69) is 29.2 Å². The molecule has 2 aliphatic rings. The van der Waals surface area contributed by atoms with E-state index in [-0.39, 0.29) is 11.5 Å². The molecule has 0 unspecified atom stereocenters. The monoisotopic (exact) mass is 596 g/mol. The number of rotatable bonds is 7. The average Bonchev–Trinajstić information content (AvgIpc) is 3.27. The number of aromatic nitrogens is 2. The van der Waals surface area contributed by atoms with E-state index in [1.54, 1.807) is 28.7 Å². The van der Waals surface area contributed by atoms with Gasteiger partial charge in [0, 0.05) is 19.3 Å². The molecule has 2 aliphatic heterocycles. The van der Waals surface area contributed by atoms with Gasteiger partial charge in [0.15, 0.2) is 0 Å². The summed E-state index contributed by atoms with van der Waals surface area (Å²) in [5, 5.41) is 0. The zero-order valence-corrected chi connectivity index (χ0v) is 25.3. The first-order valence-corrected chi connectivity index (χ1v) is 15.3. The van der Waals surface area contributed by atoms with Gasteiger partial charge in [0.1, 0.15) is 21.5 Å². The van der Waals surface area contributed by atoms with Crippen molar-refractivity contribution >= 4 is 51.7 Å². The maximum absolute atomic E-state index is 13.9. The van der Waals surface area contributed by atoms with Crippen molar-refractivity contribution in [1.82, 2.24) is 14.3 Å². The van der Waals surface area contributed by atoms with Crippen LogP contribution in [0.5, 0.6) is 5.75 Å². The highest BCUT2D eigenvalue weighted by molar-refractivity contribution is 8.26. The number of anilines is 1. The molecule has 0 saturated carbocycles. The molecule has 0 bridgehead atoms. The van der Waals surface area contributed by atoms with Crippen molar-refractivity contribution in [2.45, 2.75) is 32.7 Å². The Hall–Kier alpha value is -3.95. The van der Waals surface area contributed by atoms with E-state index >= 15 is 0 Å². The SMILES string of the molecule is COc1ccc(CN2C(=O)C(=Cc3c(N4CCC(Cc5ccccc5)CC4)nc4ccc(C)cn4c3=O)SC2=S)cc1. The smallest absolute Gasteiger partial charge is 0.267 e. The highest BCUT2D eigenvalue weighted by Crippen LogP contribution is 2.35. The molecule has 2 aromatic carbocycles. The maximum Gasteiger partial charge on any atom is 0.267 e. The normalized spacial score (nSPS) is 17.0. The minimum Gasteiger partial charge on any atom is -0.497 e. The molecule has 0 atom stereocenters. The van der Waals surface area contributed by atoms with Gasteiger partial charge in [-0.25, -0.2) is 4.98 Å². The minimum absolute atomic E-state index is 0.189. The van der Waals surface area contributed by atoms with Crippen LogP contribution in [0.2, 0.25) is 0 Å². The third kappa shape index (κ3) is 5.84. The molecule has 0 spiro atoms. The number of methoxy groups -OCH3 is 1. The number of carbonyl (C=O) groups is 1. The lowest BCUT2D eigenvalue weighted by molar-refractivity contribution is -0.122. The number of thiocarbonyl (C=S) groups is 1. The minimum atomic E-state index is -0.206. The second kappa shape index (κ2) is 12.1. The summed E-state index contributed by atoms with van der Waals surface area (Å²) in [5.41, 5.74) is 4.07. The number of pyridine rings is 1. The molecule has 4 aromatic rings. The first kappa shape index (κ1) is 28.2. The van der Waals surface area contributed by atoms with Crippen LogP contribution in [0.15, 0.2) is 82.6 Å². The van der Waals surface area contributed by atoms with E-state index in [1.165, 1.54) is 17.3 Å². The quantitative estimate of drug-likeness (QED) is 0.195. The Labute approximate surface area is 254 Å². The van der Waals surface area contributed by atoms with Crippen LogP contribution in [-0.4, -0.2) is 44.7 Å². The number of nitrogens with zero attached hydrogens (tertiary/aromatic N) is 4. The van der Waals surface area contributed by atoms with Gasteiger partial charge in [-0.05, 0) is 73.1 Å². The van der Waals surface area contributed by atoms with E-state index in [4.69, 9.17) is 21.9 Å². The number of amides is 1. The van der Waals surface area contributed by atoms with E-state index in [1.807, 2.05) is 49.4 Å². The summed E-state index contributed by atoms with van der Waals surface area (Å²) >= 11 is 6.83. The van der Waals surface area contributed by atoms with E-state index in [9.17, 15) is 9.59 Å². The molecule has 6 rings (SSSR count). The Kier molecular flexibility index (Phi) is 8.13. The largest absolute Gasteiger partial charge is 0.497 e. The predicted octanol–water partition coefficient (Wildman–Crippen LogP) is 5.87. The predicted molar refractivity (Wildman–Crippen MR) is 173 cm³/mol. The first-order valence-electron chi connectivity index (χ1n) is 14.1. The Bertz CT molecular complexity index is 1730. The number of benzene rings is 2. The average molecular weight is 597 g/mol. The molecule has 7 nitrogen and oxygen atoms in total. The van der Waals surface area contributed by atoms with Crippen LogP contribution in [-0.2, 0) is 17.8 Å². The van der Waals surface area contributed by atoms with Crippen molar-refractivity contribution < 1.29 is 9.53 Å². The zero-order chi connectivity index (χ0) is 29.2. The molecular formula is C33H32N4O3S2. The van der Waals surface area contributed by atoms with Gasteiger partial charge in [0.25, 0.3) is 11.5 Å². The molecule has 2 saturated heterocycles. The summed E-state index contributed by atoms with van der Waals surface area (Å²) in [5.74, 6) is 1.75. The fourth-order valence-electron chi connectivity index (χ4n) is 5.59.